The molecule has 9 nitrogen and oxygen atoms in total. The van der Waals surface area contributed by atoms with Gasteiger partial charge in [-0.2, -0.15) is 4.98 Å². The van der Waals surface area contributed by atoms with Crippen LogP contribution in [0.3, 0.4) is 0 Å². The molecule has 0 saturated carbocycles. The molecule has 0 radical (unpaired) electrons. The zero-order valence-electron chi connectivity index (χ0n) is 16.2. The Hall–Kier alpha value is -3.07. The van der Waals surface area contributed by atoms with Gasteiger partial charge in [0.05, 0.1) is 6.04 Å². The van der Waals surface area contributed by atoms with Crippen LogP contribution in [-0.2, 0) is 30.7 Å². The number of nitrogens with zero attached hydrogens (tertiary/aromatic N) is 5. The fraction of sp³-hybridized carbons (Fsp3) is 0.450. The predicted molar refractivity (Wildman–Crippen MR) is 102 cm³/mol. The predicted octanol–water partition coefficient (Wildman–Crippen LogP) is 2.23. The van der Waals surface area contributed by atoms with Crippen LogP contribution in [0.4, 0.5) is 0 Å². The summed E-state index contributed by atoms with van der Waals surface area (Å²) < 4.78 is 12.2. The lowest BCUT2D eigenvalue weighted by molar-refractivity contribution is 0.0920. The Kier molecular flexibility index (Phi) is 4.59. The van der Waals surface area contributed by atoms with E-state index in [1.54, 1.807) is 7.11 Å². The maximum Gasteiger partial charge on any atom is 0.289 e. The first-order valence-corrected chi connectivity index (χ1v) is 9.90. The molecule has 1 aliphatic carbocycles. The van der Waals surface area contributed by atoms with Crippen molar-refractivity contribution < 1.29 is 14.1 Å². The number of amides is 1. The summed E-state index contributed by atoms with van der Waals surface area (Å²) in [5, 5.41) is 15.5. The topological polar surface area (TPSA) is 108 Å². The van der Waals surface area contributed by atoms with Crippen molar-refractivity contribution in [3.63, 3.8) is 0 Å². The Labute approximate surface area is 167 Å². The highest BCUT2D eigenvalue weighted by molar-refractivity contribution is 5.91. The van der Waals surface area contributed by atoms with Crippen LogP contribution in [-0.4, -0.2) is 37.9 Å². The second-order valence-electron chi connectivity index (χ2n) is 7.47. The number of ether oxygens (including phenoxy) is 1. The summed E-state index contributed by atoms with van der Waals surface area (Å²) >= 11 is 0. The normalized spacial score (nSPS) is 17.8. The molecule has 0 spiro atoms. The molecule has 29 heavy (non-hydrogen) atoms. The number of hydrogen-bond acceptors (Lipinski definition) is 7. The Morgan fingerprint density at radius 1 is 1.31 bits per heavy atom. The maximum atomic E-state index is 12.8. The highest BCUT2D eigenvalue weighted by atomic mass is 16.5. The molecular formula is C20H22N6O3. The minimum absolute atomic E-state index is 0.0302. The third-order valence-electron chi connectivity index (χ3n) is 5.58. The van der Waals surface area contributed by atoms with Crippen LogP contribution in [0.2, 0.25) is 0 Å². The fourth-order valence-electron chi connectivity index (χ4n) is 4.16. The highest BCUT2D eigenvalue weighted by Gasteiger charge is 2.28. The van der Waals surface area contributed by atoms with E-state index in [-0.39, 0.29) is 11.9 Å². The molecule has 1 N–H and O–H groups in total. The molecule has 3 heterocycles. The Balaban J connectivity index is 1.33. The molecule has 2 aliphatic rings. The largest absolute Gasteiger partial charge is 0.375 e. The smallest absolute Gasteiger partial charge is 0.289 e. The molecular weight excluding hydrogens is 372 g/mol. The number of benzene rings is 1. The van der Waals surface area contributed by atoms with E-state index < -0.39 is 0 Å². The van der Waals surface area contributed by atoms with Crippen molar-refractivity contribution >= 4 is 5.91 Å². The summed E-state index contributed by atoms with van der Waals surface area (Å²) in [6.07, 6.45) is 4.78. The van der Waals surface area contributed by atoms with Crippen LogP contribution < -0.4 is 5.32 Å². The zero-order valence-corrected chi connectivity index (χ0v) is 16.2. The van der Waals surface area contributed by atoms with Gasteiger partial charge in [0.1, 0.15) is 12.4 Å². The van der Waals surface area contributed by atoms with Crippen LogP contribution in [0.15, 0.2) is 22.7 Å². The average Bonchev–Trinajstić information content (AvgIpc) is 3.46. The fourth-order valence-corrected chi connectivity index (χ4v) is 4.16. The Morgan fingerprint density at radius 3 is 3.14 bits per heavy atom. The first kappa shape index (κ1) is 18.0. The van der Waals surface area contributed by atoms with E-state index in [4.69, 9.17) is 9.26 Å². The van der Waals surface area contributed by atoms with Gasteiger partial charge in [-0.15, -0.1) is 10.2 Å². The van der Waals surface area contributed by atoms with Crippen molar-refractivity contribution in [3.8, 4) is 11.4 Å². The van der Waals surface area contributed by atoms with Crippen LogP contribution in [0.1, 0.15) is 58.8 Å². The minimum Gasteiger partial charge on any atom is -0.375 e. The van der Waals surface area contributed by atoms with E-state index in [9.17, 15) is 4.79 Å². The Morgan fingerprint density at radius 2 is 2.24 bits per heavy atom. The molecule has 150 valence electrons. The summed E-state index contributed by atoms with van der Waals surface area (Å²) in [4.78, 5) is 17.2. The molecule has 0 fully saturated rings. The van der Waals surface area contributed by atoms with Gasteiger partial charge in [-0.3, -0.25) is 4.79 Å². The molecule has 1 aromatic carbocycles. The van der Waals surface area contributed by atoms with Crippen molar-refractivity contribution in [2.45, 2.75) is 51.3 Å². The average molecular weight is 394 g/mol. The van der Waals surface area contributed by atoms with Gasteiger partial charge in [-0.1, -0.05) is 17.3 Å². The van der Waals surface area contributed by atoms with Gasteiger partial charge in [-0.25, -0.2) is 0 Å². The molecule has 0 saturated heterocycles. The van der Waals surface area contributed by atoms with Crippen molar-refractivity contribution in [1.29, 1.82) is 0 Å². The standard InChI is InChI=1S/C20H22N6O3/c1-28-11-17-22-18(25-29-17)13-5-7-14-12(10-13)6-8-15(14)21-20(27)19-24-23-16-4-2-3-9-26(16)19/h5,7,10,15H,2-4,6,8-9,11H2,1H3,(H,21,27)/t15-/m1/s1. The van der Waals surface area contributed by atoms with Crippen molar-refractivity contribution in [1.82, 2.24) is 30.2 Å². The number of fused-ring (bicyclic) bond motifs is 2. The number of carbonyl (C=O) groups excluding carboxylic acids is 1. The van der Waals surface area contributed by atoms with Crippen LogP contribution >= 0.6 is 0 Å². The van der Waals surface area contributed by atoms with E-state index >= 15 is 0 Å². The maximum absolute atomic E-state index is 12.8. The second-order valence-corrected chi connectivity index (χ2v) is 7.47. The van der Waals surface area contributed by atoms with Gasteiger partial charge in [-0.05, 0) is 42.9 Å². The molecule has 3 aromatic rings. The number of hydrogen-bond donors (Lipinski definition) is 1. The van der Waals surface area contributed by atoms with Crippen LogP contribution in [0, 0.1) is 0 Å². The molecule has 1 amide bonds. The molecule has 0 bridgehead atoms. The minimum atomic E-state index is -0.157. The van der Waals surface area contributed by atoms with Gasteiger partial charge >= 0.3 is 0 Å². The third-order valence-corrected chi connectivity index (χ3v) is 5.58. The third kappa shape index (κ3) is 3.31. The SMILES string of the molecule is COCc1nc(-c2ccc3c(c2)CC[C@H]3NC(=O)c2nnc3n2CCCC3)no1. The number of nitrogens with one attached hydrogen (secondary N) is 1. The van der Waals surface area contributed by atoms with Crippen molar-refractivity contribution in [2.75, 3.05) is 7.11 Å². The summed E-state index contributed by atoms with van der Waals surface area (Å²) in [6, 6.07) is 6.04. The molecule has 5 rings (SSSR count). The number of aromatic nitrogens is 5. The molecule has 9 heteroatoms. The van der Waals surface area contributed by atoms with E-state index in [1.807, 2.05) is 16.7 Å². The monoisotopic (exact) mass is 394 g/mol. The lowest BCUT2D eigenvalue weighted by Gasteiger charge is -2.17. The summed E-state index contributed by atoms with van der Waals surface area (Å²) in [5.41, 5.74) is 3.21. The lowest BCUT2D eigenvalue weighted by atomic mass is 10.0. The molecule has 2 aromatic heterocycles. The van der Waals surface area contributed by atoms with Gasteiger partial charge in [0.25, 0.3) is 11.8 Å². The Bertz CT molecular complexity index is 1060. The summed E-state index contributed by atoms with van der Waals surface area (Å²) in [6.45, 7) is 1.10. The van der Waals surface area contributed by atoms with E-state index in [0.29, 0.717) is 24.1 Å². The van der Waals surface area contributed by atoms with Gasteiger partial charge in [0, 0.05) is 25.6 Å². The lowest BCUT2D eigenvalue weighted by Crippen LogP contribution is -2.30. The number of rotatable bonds is 5. The van der Waals surface area contributed by atoms with Gasteiger partial charge in [0.2, 0.25) is 11.6 Å². The van der Waals surface area contributed by atoms with E-state index in [1.165, 1.54) is 5.56 Å². The van der Waals surface area contributed by atoms with E-state index in [2.05, 4.69) is 31.7 Å². The summed E-state index contributed by atoms with van der Waals surface area (Å²) in [5.74, 6) is 2.16. The quantitative estimate of drug-likeness (QED) is 0.707. The zero-order chi connectivity index (χ0) is 19.8. The summed E-state index contributed by atoms with van der Waals surface area (Å²) in [7, 11) is 1.59. The second kappa shape index (κ2) is 7.40. The van der Waals surface area contributed by atoms with Crippen LogP contribution in [0.5, 0.6) is 0 Å². The van der Waals surface area contributed by atoms with Crippen molar-refractivity contribution in [2.24, 2.45) is 0 Å². The number of carbonyl (C=O) groups is 1. The molecule has 1 aliphatic heterocycles. The molecule has 0 unspecified atom stereocenters. The number of methoxy groups -OCH3 is 1. The highest BCUT2D eigenvalue weighted by Crippen LogP contribution is 2.34. The van der Waals surface area contributed by atoms with Gasteiger partial charge < -0.3 is 19.1 Å². The number of aryl methyl sites for hydroxylation is 2. The molecule has 1 atom stereocenters. The van der Waals surface area contributed by atoms with Crippen LogP contribution in [0.25, 0.3) is 11.4 Å². The first-order valence-electron chi connectivity index (χ1n) is 9.90. The first-order chi connectivity index (χ1) is 14.2. The van der Waals surface area contributed by atoms with E-state index in [0.717, 1.165) is 55.6 Å². The van der Waals surface area contributed by atoms with Gasteiger partial charge in [0.15, 0.2) is 0 Å². The van der Waals surface area contributed by atoms with Crippen molar-refractivity contribution in [3.05, 3.63) is 46.9 Å².